The molecule has 3 nitrogen and oxygen atoms in total. The molecule has 0 aromatic carbocycles. The lowest BCUT2D eigenvalue weighted by molar-refractivity contribution is -0.144. The number of nitriles is 1. The van der Waals surface area contributed by atoms with Gasteiger partial charge in [0.25, 0.3) is 0 Å². The highest BCUT2D eigenvalue weighted by Gasteiger charge is 2.23. The molecule has 2 unspecified atom stereocenters. The Labute approximate surface area is 79.0 Å². The van der Waals surface area contributed by atoms with E-state index >= 15 is 0 Å². The third kappa shape index (κ3) is 3.75. The summed E-state index contributed by atoms with van der Waals surface area (Å²) in [7, 11) is 1.29. The molecule has 0 aliphatic heterocycles. The molecule has 0 heterocycles. The number of hydrogen-bond acceptors (Lipinski definition) is 3. The van der Waals surface area contributed by atoms with Crippen LogP contribution < -0.4 is 0 Å². The number of carbonyl (C=O) groups is 1. The number of hydrogen-bond donors (Lipinski definition) is 0. The molecule has 0 saturated carbocycles. The Hall–Kier alpha value is -1.30. The Bertz CT molecular complexity index is 228. The van der Waals surface area contributed by atoms with Gasteiger partial charge in [-0.2, -0.15) is 5.26 Å². The topological polar surface area (TPSA) is 50.1 Å². The molecule has 2 atom stereocenters. The molecule has 3 heteroatoms. The molecule has 0 rings (SSSR count). The van der Waals surface area contributed by atoms with Crippen LogP contribution in [0.5, 0.6) is 0 Å². The summed E-state index contributed by atoms with van der Waals surface area (Å²) in [6.45, 7) is 3.83. The first-order valence-electron chi connectivity index (χ1n) is 4.31. The lowest BCUT2D eigenvalue weighted by Crippen LogP contribution is -2.20. The van der Waals surface area contributed by atoms with E-state index in [9.17, 15) is 4.79 Å². The van der Waals surface area contributed by atoms with Crippen LogP contribution in [0.15, 0.2) is 12.2 Å². The Morgan fingerprint density at radius 1 is 1.69 bits per heavy atom. The van der Waals surface area contributed by atoms with Crippen molar-refractivity contribution in [1.82, 2.24) is 0 Å². The second kappa shape index (κ2) is 6.24. The molecule has 0 aromatic heterocycles. The lowest BCUT2D eigenvalue weighted by Gasteiger charge is -2.10. The minimum absolute atomic E-state index is 0.0857. The number of methoxy groups -OCH3 is 1. The van der Waals surface area contributed by atoms with Crippen molar-refractivity contribution >= 4 is 5.97 Å². The van der Waals surface area contributed by atoms with Gasteiger partial charge in [0, 0.05) is 5.92 Å². The second-order valence-corrected chi connectivity index (χ2v) is 2.83. The molecule has 0 radical (unpaired) electrons. The number of esters is 1. The summed E-state index contributed by atoms with van der Waals surface area (Å²) in [6, 6.07) is 1.94. The Kier molecular flexibility index (Phi) is 5.62. The first kappa shape index (κ1) is 11.7. The Morgan fingerprint density at radius 3 is 2.69 bits per heavy atom. The van der Waals surface area contributed by atoms with Crippen LogP contribution in [-0.2, 0) is 9.53 Å². The van der Waals surface area contributed by atoms with E-state index in [1.54, 1.807) is 0 Å². The molecule has 0 aliphatic rings. The van der Waals surface area contributed by atoms with E-state index in [1.807, 2.05) is 32.1 Å². The van der Waals surface area contributed by atoms with Gasteiger partial charge in [-0.3, -0.25) is 4.79 Å². The molecule has 0 N–H and O–H groups in total. The van der Waals surface area contributed by atoms with E-state index < -0.39 is 11.9 Å². The molecule has 0 aliphatic carbocycles. The van der Waals surface area contributed by atoms with Crippen molar-refractivity contribution in [3.63, 3.8) is 0 Å². The second-order valence-electron chi connectivity index (χ2n) is 2.83. The smallest absolute Gasteiger partial charge is 0.323 e. The van der Waals surface area contributed by atoms with Crippen molar-refractivity contribution in [2.75, 3.05) is 7.11 Å². The Balaban J connectivity index is 4.33. The highest BCUT2D eigenvalue weighted by molar-refractivity contribution is 5.75. The normalized spacial score (nSPS) is 14.9. The van der Waals surface area contributed by atoms with E-state index in [0.717, 1.165) is 6.42 Å². The van der Waals surface area contributed by atoms with Crippen LogP contribution in [0.25, 0.3) is 0 Å². The van der Waals surface area contributed by atoms with Crippen molar-refractivity contribution in [1.29, 1.82) is 5.26 Å². The van der Waals surface area contributed by atoms with Crippen molar-refractivity contribution in [2.24, 2.45) is 11.8 Å². The number of allylic oxidation sites excluding steroid dienone is 2. The van der Waals surface area contributed by atoms with Crippen molar-refractivity contribution in [3.05, 3.63) is 12.2 Å². The van der Waals surface area contributed by atoms with Crippen LogP contribution >= 0.6 is 0 Å². The highest BCUT2D eigenvalue weighted by Crippen LogP contribution is 2.13. The van der Waals surface area contributed by atoms with Crippen molar-refractivity contribution in [3.8, 4) is 6.07 Å². The minimum Gasteiger partial charge on any atom is -0.468 e. The fourth-order valence-corrected chi connectivity index (χ4v) is 0.974. The zero-order valence-electron chi connectivity index (χ0n) is 8.28. The summed E-state index contributed by atoms with van der Waals surface area (Å²) in [5.41, 5.74) is 0. The summed E-state index contributed by atoms with van der Waals surface area (Å²) < 4.78 is 4.51. The first-order chi connectivity index (χ1) is 6.17. The van der Waals surface area contributed by atoms with Crippen molar-refractivity contribution in [2.45, 2.75) is 20.3 Å². The predicted octanol–water partition coefficient (Wildman–Crippen LogP) is 1.90. The average Bonchev–Trinajstić information content (AvgIpc) is 2.15. The summed E-state index contributed by atoms with van der Waals surface area (Å²) in [5, 5.41) is 8.71. The van der Waals surface area contributed by atoms with Crippen LogP contribution in [0.2, 0.25) is 0 Å². The fraction of sp³-hybridized carbons (Fsp3) is 0.600. The number of nitrogens with zero attached hydrogens (tertiary/aromatic N) is 1. The quantitative estimate of drug-likeness (QED) is 0.491. The standard InChI is InChI=1S/C10H15NO2/c1-4-5-6-8(2)9(7-11)10(12)13-3/h5-6,8-9H,4H2,1-3H3. The monoisotopic (exact) mass is 181 g/mol. The first-order valence-corrected chi connectivity index (χ1v) is 4.31. The van der Waals surface area contributed by atoms with Gasteiger partial charge >= 0.3 is 5.97 Å². The molecule has 0 spiro atoms. The lowest BCUT2D eigenvalue weighted by atomic mass is 9.95. The zero-order chi connectivity index (χ0) is 10.3. The molecular formula is C10H15NO2. The van der Waals surface area contributed by atoms with Gasteiger partial charge in [-0.25, -0.2) is 0 Å². The van der Waals surface area contributed by atoms with E-state index in [1.165, 1.54) is 7.11 Å². The van der Waals surface area contributed by atoms with E-state index in [-0.39, 0.29) is 5.92 Å². The summed E-state index contributed by atoms with van der Waals surface area (Å²) in [5.74, 6) is -1.24. The highest BCUT2D eigenvalue weighted by atomic mass is 16.5. The van der Waals surface area contributed by atoms with Gasteiger partial charge in [-0.15, -0.1) is 0 Å². The van der Waals surface area contributed by atoms with Gasteiger partial charge < -0.3 is 4.74 Å². The van der Waals surface area contributed by atoms with E-state index in [4.69, 9.17) is 5.26 Å². The third-order valence-corrected chi connectivity index (χ3v) is 1.80. The molecule has 72 valence electrons. The number of ether oxygens (including phenoxy) is 1. The maximum atomic E-state index is 11.1. The van der Waals surface area contributed by atoms with Crippen LogP contribution in [0, 0.1) is 23.2 Å². The summed E-state index contributed by atoms with van der Waals surface area (Å²) in [4.78, 5) is 11.1. The molecule has 0 saturated heterocycles. The van der Waals surface area contributed by atoms with Gasteiger partial charge in [0.2, 0.25) is 0 Å². The van der Waals surface area contributed by atoms with Gasteiger partial charge in [0.15, 0.2) is 0 Å². The zero-order valence-corrected chi connectivity index (χ0v) is 8.28. The van der Waals surface area contributed by atoms with Crippen molar-refractivity contribution < 1.29 is 9.53 Å². The van der Waals surface area contributed by atoms with Crippen LogP contribution in [0.4, 0.5) is 0 Å². The van der Waals surface area contributed by atoms with Gasteiger partial charge in [-0.05, 0) is 6.42 Å². The third-order valence-electron chi connectivity index (χ3n) is 1.80. The Morgan fingerprint density at radius 2 is 2.31 bits per heavy atom. The van der Waals surface area contributed by atoms with Gasteiger partial charge in [-0.1, -0.05) is 26.0 Å². The van der Waals surface area contributed by atoms with Gasteiger partial charge in [0.1, 0.15) is 5.92 Å². The van der Waals surface area contributed by atoms with E-state index in [0.29, 0.717) is 0 Å². The summed E-state index contributed by atoms with van der Waals surface area (Å²) in [6.07, 6.45) is 4.71. The molecule has 0 aromatic rings. The van der Waals surface area contributed by atoms with Crippen LogP contribution in [0.1, 0.15) is 20.3 Å². The average molecular weight is 181 g/mol. The molecule has 0 fully saturated rings. The van der Waals surface area contributed by atoms with E-state index in [2.05, 4.69) is 4.74 Å². The van der Waals surface area contributed by atoms with Crippen LogP contribution in [-0.4, -0.2) is 13.1 Å². The maximum Gasteiger partial charge on any atom is 0.323 e. The molecule has 0 bridgehead atoms. The largest absolute Gasteiger partial charge is 0.468 e. The maximum absolute atomic E-state index is 11.1. The summed E-state index contributed by atoms with van der Waals surface area (Å²) >= 11 is 0. The molecular weight excluding hydrogens is 166 g/mol. The molecule has 13 heavy (non-hydrogen) atoms. The van der Waals surface area contributed by atoms with Crippen LogP contribution in [0.3, 0.4) is 0 Å². The SMILES string of the molecule is CCC=CC(C)C(C#N)C(=O)OC. The fourth-order valence-electron chi connectivity index (χ4n) is 0.974. The molecule has 0 amide bonds. The number of carbonyl (C=O) groups excluding carboxylic acids is 1. The predicted molar refractivity (Wildman–Crippen MR) is 49.7 cm³/mol. The van der Waals surface area contributed by atoms with Gasteiger partial charge in [0.05, 0.1) is 13.2 Å². The minimum atomic E-state index is -0.687. The number of rotatable bonds is 4.